The minimum atomic E-state index is -4.50. The first kappa shape index (κ1) is 20.2. The van der Waals surface area contributed by atoms with Crippen molar-refractivity contribution in [2.75, 3.05) is 6.61 Å². The minimum Gasteiger partial charge on any atom is -0.491 e. The van der Waals surface area contributed by atoms with Gasteiger partial charge in [-0.2, -0.15) is 13.2 Å². The molecule has 1 aliphatic heterocycles. The molecule has 6 nitrogen and oxygen atoms in total. The third-order valence-electron chi connectivity index (χ3n) is 5.06. The molecule has 152 valence electrons. The number of carboxylic acid groups (broad SMARTS) is 1. The average molecular weight is 400 g/mol. The zero-order chi connectivity index (χ0) is 20.5. The van der Waals surface area contributed by atoms with Crippen LogP contribution in [0.2, 0.25) is 0 Å². The molecule has 0 aromatic heterocycles. The van der Waals surface area contributed by atoms with Crippen molar-refractivity contribution >= 4 is 11.9 Å². The Morgan fingerprint density at radius 2 is 2.14 bits per heavy atom. The van der Waals surface area contributed by atoms with Crippen LogP contribution >= 0.6 is 0 Å². The smallest absolute Gasteiger partial charge is 0.416 e. The van der Waals surface area contributed by atoms with Crippen molar-refractivity contribution < 1.29 is 42.4 Å². The van der Waals surface area contributed by atoms with Gasteiger partial charge in [-0.3, -0.25) is 9.59 Å². The normalized spacial score (nSPS) is 28.2. The number of aliphatic carboxylic acids is 1. The Labute approximate surface area is 158 Å². The van der Waals surface area contributed by atoms with Crippen LogP contribution in [0.3, 0.4) is 0 Å². The van der Waals surface area contributed by atoms with Gasteiger partial charge < -0.3 is 19.7 Å². The average Bonchev–Trinajstić information content (AvgIpc) is 3.14. The van der Waals surface area contributed by atoms with Crippen molar-refractivity contribution in [3.05, 3.63) is 42.0 Å². The number of ether oxygens (including phenoxy) is 2. The topological polar surface area (TPSA) is 93.1 Å². The molecule has 28 heavy (non-hydrogen) atoms. The van der Waals surface area contributed by atoms with E-state index < -0.39 is 41.8 Å². The van der Waals surface area contributed by atoms with Crippen LogP contribution in [0.5, 0.6) is 5.75 Å². The molecule has 2 aliphatic rings. The number of hydrogen-bond acceptors (Lipinski definition) is 5. The van der Waals surface area contributed by atoms with Crippen LogP contribution in [0.1, 0.15) is 18.4 Å². The SMILES string of the molecule is O=C1C[C@@H]2[C@@H](/C=C/[C@H](O)COc3cccc(C(F)(F)F)c3)[C@H](C(=O)O)C[C@@H]2O1. The lowest BCUT2D eigenvalue weighted by Crippen LogP contribution is -2.22. The van der Waals surface area contributed by atoms with E-state index in [1.807, 2.05) is 0 Å². The number of rotatable bonds is 6. The van der Waals surface area contributed by atoms with E-state index in [2.05, 4.69) is 0 Å². The highest BCUT2D eigenvalue weighted by Gasteiger charge is 2.51. The number of fused-ring (bicyclic) bond motifs is 1. The summed E-state index contributed by atoms with van der Waals surface area (Å²) in [5.74, 6) is -2.88. The molecule has 1 aliphatic carbocycles. The van der Waals surface area contributed by atoms with Crippen LogP contribution in [0, 0.1) is 17.8 Å². The predicted molar refractivity (Wildman–Crippen MR) is 89.3 cm³/mol. The quantitative estimate of drug-likeness (QED) is 0.563. The highest BCUT2D eigenvalue weighted by molar-refractivity contribution is 5.75. The van der Waals surface area contributed by atoms with Gasteiger partial charge in [-0.25, -0.2) is 0 Å². The standard InChI is InChI=1S/C19H19F3O6/c20-19(21,22)10-2-1-3-12(6-10)27-9-11(23)4-5-13-14-8-17(24)28-16(14)7-15(13)18(25)26/h1-6,11,13-16,23H,7-9H2,(H,25,26)/b5-4+/t11-,13+,14+,15+,16-/m0/s1. The van der Waals surface area contributed by atoms with Gasteiger partial charge in [-0.15, -0.1) is 0 Å². The fraction of sp³-hybridized carbons (Fsp3) is 0.474. The Bertz CT molecular complexity index is 775. The second-order valence-electron chi connectivity index (χ2n) is 6.94. The van der Waals surface area contributed by atoms with Gasteiger partial charge in [0.25, 0.3) is 0 Å². The lowest BCUT2D eigenvalue weighted by Gasteiger charge is -2.17. The molecule has 1 aromatic rings. The maximum atomic E-state index is 12.7. The fourth-order valence-electron chi connectivity index (χ4n) is 3.74. The lowest BCUT2D eigenvalue weighted by molar-refractivity contribution is -0.146. The molecule has 5 atom stereocenters. The number of hydrogen-bond donors (Lipinski definition) is 2. The molecule has 0 bridgehead atoms. The van der Waals surface area contributed by atoms with E-state index in [0.29, 0.717) is 0 Å². The van der Waals surface area contributed by atoms with E-state index in [4.69, 9.17) is 9.47 Å². The van der Waals surface area contributed by atoms with Gasteiger partial charge in [-0.05, 0) is 30.5 Å². The maximum Gasteiger partial charge on any atom is 0.416 e. The molecule has 1 heterocycles. The molecule has 0 unspecified atom stereocenters. The van der Waals surface area contributed by atoms with Gasteiger partial charge in [0.1, 0.15) is 24.6 Å². The van der Waals surface area contributed by atoms with Crippen LogP contribution in [-0.4, -0.2) is 41.0 Å². The molecule has 1 saturated heterocycles. The number of esters is 1. The van der Waals surface area contributed by atoms with Crippen LogP contribution in [0.4, 0.5) is 13.2 Å². The van der Waals surface area contributed by atoms with Gasteiger partial charge in [-0.1, -0.05) is 18.2 Å². The molecular weight excluding hydrogens is 381 g/mol. The highest BCUT2D eigenvalue weighted by atomic mass is 19.4. The molecule has 9 heteroatoms. The Morgan fingerprint density at radius 1 is 1.39 bits per heavy atom. The molecule has 1 saturated carbocycles. The Balaban J connectivity index is 1.61. The minimum absolute atomic E-state index is 0.0404. The molecule has 3 rings (SSSR count). The first-order valence-electron chi connectivity index (χ1n) is 8.74. The second kappa shape index (κ2) is 7.83. The number of carboxylic acids is 1. The third kappa shape index (κ3) is 4.46. The molecule has 0 amide bonds. The van der Waals surface area contributed by atoms with Crippen molar-refractivity contribution in [2.45, 2.75) is 31.2 Å². The number of carbonyl (C=O) groups is 2. The van der Waals surface area contributed by atoms with E-state index in [-0.39, 0.29) is 37.1 Å². The fourth-order valence-corrected chi connectivity index (χ4v) is 3.74. The lowest BCUT2D eigenvalue weighted by atomic mass is 9.87. The highest BCUT2D eigenvalue weighted by Crippen LogP contribution is 2.45. The number of aliphatic hydroxyl groups is 1. The van der Waals surface area contributed by atoms with E-state index in [1.165, 1.54) is 24.3 Å². The van der Waals surface area contributed by atoms with Gasteiger partial charge in [0.15, 0.2) is 0 Å². The molecular formula is C19H19F3O6. The molecule has 1 aromatic carbocycles. The molecule has 0 radical (unpaired) electrons. The van der Waals surface area contributed by atoms with Gasteiger partial charge in [0.2, 0.25) is 0 Å². The second-order valence-corrected chi connectivity index (χ2v) is 6.94. The number of carbonyl (C=O) groups excluding carboxylic acids is 1. The number of allylic oxidation sites excluding steroid dienone is 1. The summed E-state index contributed by atoms with van der Waals surface area (Å²) < 4.78 is 48.4. The molecule has 2 N–H and O–H groups in total. The molecule has 2 fully saturated rings. The zero-order valence-corrected chi connectivity index (χ0v) is 14.6. The van der Waals surface area contributed by atoms with Crippen LogP contribution in [0.25, 0.3) is 0 Å². The number of aliphatic hydroxyl groups excluding tert-OH is 1. The van der Waals surface area contributed by atoms with Crippen molar-refractivity contribution in [1.29, 1.82) is 0 Å². The van der Waals surface area contributed by atoms with Gasteiger partial charge >= 0.3 is 18.1 Å². The Morgan fingerprint density at radius 3 is 2.82 bits per heavy atom. The Kier molecular flexibility index (Phi) is 5.64. The first-order valence-corrected chi connectivity index (χ1v) is 8.74. The summed E-state index contributed by atoms with van der Waals surface area (Å²) in [5.41, 5.74) is -0.859. The predicted octanol–water partition coefficient (Wildman–Crippen LogP) is 2.65. The zero-order valence-electron chi connectivity index (χ0n) is 14.6. The monoisotopic (exact) mass is 400 g/mol. The Hall–Kier alpha value is -2.55. The van der Waals surface area contributed by atoms with Crippen LogP contribution < -0.4 is 4.74 Å². The summed E-state index contributed by atoms with van der Waals surface area (Å²) in [6.07, 6.45) is -2.87. The van der Waals surface area contributed by atoms with E-state index in [1.54, 1.807) is 0 Å². The van der Waals surface area contributed by atoms with Crippen LogP contribution in [-0.2, 0) is 20.5 Å². The van der Waals surface area contributed by atoms with Crippen molar-refractivity contribution in [3.8, 4) is 5.75 Å². The summed E-state index contributed by atoms with van der Waals surface area (Å²) in [5, 5.41) is 19.4. The van der Waals surface area contributed by atoms with Gasteiger partial charge in [0, 0.05) is 5.92 Å². The molecule has 0 spiro atoms. The number of alkyl halides is 3. The summed E-state index contributed by atoms with van der Waals surface area (Å²) in [6, 6.07) is 4.29. The largest absolute Gasteiger partial charge is 0.491 e. The number of benzene rings is 1. The summed E-state index contributed by atoms with van der Waals surface area (Å²) >= 11 is 0. The first-order chi connectivity index (χ1) is 13.1. The van der Waals surface area contributed by atoms with E-state index in [0.717, 1.165) is 12.1 Å². The van der Waals surface area contributed by atoms with Crippen molar-refractivity contribution in [3.63, 3.8) is 0 Å². The van der Waals surface area contributed by atoms with E-state index >= 15 is 0 Å². The van der Waals surface area contributed by atoms with E-state index in [9.17, 15) is 33.0 Å². The third-order valence-corrected chi connectivity index (χ3v) is 5.06. The number of halogens is 3. The maximum absolute atomic E-state index is 12.7. The summed E-state index contributed by atoms with van der Waals surface area (Å²) in [4.78, 5) is 22.9. The summed E-state index contributed by atoms with van der Waals surface area (Å²) in [6.45, 7) is -0.300. The van der Waals surface area contributed by atoms with Crippen LogP contribution in [0.15, 0.2) is 36.4 Å². The van der Waals surface area contributed by atoms with Crippen molar-refractivity contribution in [2.24, 2.45) is 17.8 Å². The van der Waals surface area contributed by atoms with Gasteiger partial charge in [0.05, 0.1) is 17.9 Å². The van der Waals surface area contributed by atoms with Crippen molar-refractivity contribution in [1.82, 2.24) is 0 Å². The summed E-state index contributed by atoms with van der Waals surface area (Å²) in [7, 11) is 0.